The fourth-order valence-electron chi connectivity index (χ4n) is 3.80. The van der Waals surface area contributed by atoms with Gasteiger partial charge in [0.25, 0.3) is 0 Å². The summed E-state index contributed by atoms with van der Waals surface area (Å²) in [6.45, 7) is 1.80. The molecule has 3 aromatic heterocycles. The average Bonchev–Trinajstić information content (AvgIpc) is 2.73. The highest BCUT2D eigenvalue weighted by atomic mass is 19.4. The minimum Gasteiger partial charge on any atom is -0.396 e. The van der Waals surface area contributed by atoms with E-state index in [1.807, 2.05) is 0 Å². The lowest BCUT2D eigenvalue weighted by Crippen LogP contribution is -2.48. The number of piperidine rings is 1. The van der Waals surface area contributed by atoms with E-state index in [0.717, 1.165) is 32.0 Å². The molecule has 0 bridgehead atoms. The van der Waals surface area contributed by atoms with Gasteiger partial charge in [-0.25, -0.2) is 15.8 Å². The molecule has 0 aliphatic carbocycles. The van der Waals surface area contributed by atoms with E-state index >= 15 is 0 Å². The van der Waals surface area contributed by atoms with Crippen molar-refractivity contribution < 1.29 is 13.2 Å². The van der Waals surface area contributed by atoms with Crippen LogP contribution in [0.4, 0.5) is 30.4 Å². The number of aromatic nitrogens is 3. The first-order valence-electron chi connectivity index (χ1n) is 9.76. The third-order valence-electron chi connectivity index (χ3n) is 5.57. The van der Waals surface area contributed by atoms with Gasteiger partial charge in [0.1, 0.15) is 17.0 Å². The quantitative estimate of drug-likeness (QED) is 0.426. The van der Waals surface area contributed by atoms with E-state index in [-0.39, 0.29) is 17.3 Å². The van der Waals surface area contributed by atoms with Crippen LogP contribution in [0.3, 0.4) is 0 Å². The van der Waals surface area contributed by atoms with Crippen LogP contribution in [0.15, 0.2) is 30.6 Å². The van der Waals surface area contributed by atoms with Gasteiger partial charge >= 0.3 is 6.18 Å². The number of pyridine rings is 3. The van der Waals surface area contributed by atoms with Gasteiger partial charge in [-0.1, -0.05) is 0 Å². The molecule has 1 aliphatic heterocycles. The Kier molecular flexibility index (Phi) is 5.31. The van der Waals surface area contributed by atoms with Crippen molar-refractivity contribution >= 4 is 28.2 Å². The lowest BCUT2D eigenvalue weighted by Gasteiger charge is -2.36. The van der Waals surface area contributed by atoms with Gasteiger partial charge in [0.2, 0.25) is 0 Å². The molecule has 4 rings (SSSR count). The monoisotopic (exact) mass is 432 g/mol. The fourth-order valence-corrected chi connectivity index (χ4v) is 3.80. The van der Waals surface area contributed by atoms with Crippen molar-refractivity contribution in [2.45, 2.75) is 25.1 Å². The lowest BCUT2D eigenvalue weighted by atomic mass is 10.0. The first-order chi connectivity index (χ1) is 14.6. The standard InChI is InChI=1S/C20H23F3N8/c1-30-6-4-12(5-7-30)31(26)18-14(24)10-27-16-3-2-15(29-17(16)18)11-8-13(20(21,22)23)19(25)28-9-11/h2-3,8-10,12H,4-7,24,26H2,1H3,(H2,25,28). The highest BCUT2D eigenvalue weighted by molar-refractivity contribution is 5.95. The smallest absolute Gasteiger partial charge is 0.396 e. The summed E-state index contributed by atoms with van der Waals surface area (Å²) in [7, 11) is 2.05. The number of halogens is 3. The second-order valence-electron chi connectivity index (χ2n) is 7.72. The number of nitrogens with two attached hydrogens (primary N) is 3. The molecule has 4 heterocycles. The second kappa shape index (κ2) is 7.82. The topological polar surface area (TPSA) is 123 Å². The number of anilines is 3. The fraction of sp³-hybridized carbons (Fsp3) is 0.350. The second-order valence-corrected chi connectivity index (χ2v) is 7.72. The molecule has 31 heavy (non-hydrogen) atoms. The number of hydrazine groups is 1. The molecule has 0 saturated carbocycles. The third kappa shape index (κ3) is 4.06. The molecule has 1 aliphatic rings. The highest BCUT2D eigenvalue weighted by Gasteiger charge is 2.34. The molecule has 0 aromatic carbocycles. The normalized spacial score (nSPS) is 16.0. The molecule has 8 nitrogen and oxygen atoms in total. The summed E-state index contributed by atoms with van der Waals surface area (Å²) in [5.74, 6) is 5.88. The molecular formula is C20H23F3N8. The Bertz CT molecular complexity index is 1110. The van der Waals surface area contributed by atoms with Crippen LogP contribution in [-0.2, 0) is 6.18 Å². The molecular weight excluding hydrogens is 409 g/mol. The van der Waals surface area contributed by atoms with Crippen LogP contribution in [0.1, 0.15) is 18.4 Å². The minimum absolute atomic E-state index is 0.0598. The van der Waals surface area contributed by atoms with Crippen molar-refractivity contribution in [3.05, 3.63) is 36.2 Å². The molecule has 6 N–H and O–H groups in total. The zero-order valence-corrected chi connectivity index (χ0v) is 16.9. The van der Waals surface area contributed by atoms with Gasteiger partial charge in [-0.2, -0.15) is 13.2 Å². The molecule has 0 spiro atoms. The van der Waals surface area contributed by atoms with E-state index < -0.39 is 17.6 Å². The Labute approximate surface area is 176 Å². The van der Waals surface area contributed by atoms with E-state index in [1.54, 1.807) is 17.1 Å². The number of likely N-dealkylation sites (tertiary alicyclic amines) is 1. The van der Waals surface area contributed by atoms with Crippen molar-refractivity contribution in [3.63, 3.8) is 0 Å². The summed E-state index contributed by atoms with van der Waals surface area (Å²) in [6.07, 6.45) is -0.140. The predicted molar refractivity (Wildman–Crippen MR) is 114 cm³/mol. The van der Waals surface area contributed by atoms with E-state index in [0.29, 0.717) is 22.4 Å². The number of alkyl halides is 3. The van der Waals surface area contributed by atoms with Crippen molar-refractivity contribution in [2.75, 3.05) is 36.6 Å². The Balaban J connectivity index is 1.80. The van der Waals surface area contributed by atoms with Crippen molar-refractivity contribution in [3.8, 4) is 11.3 Å². The van der Waals surface area contributed by atoms with Crippen molar-refractivity contribution in [1.29, 1.82) is 0 Å². The van der Waals surface area contributed by atoms with Gasteiger partial charge in [0.05, 0.1) is 28.7 Å². The van der Waals surface area contributed by atoms with Gasteiger partial charge in [-0.05, 0) is 51.2 Å². The Morgan fingerprint density at radius 1 is 1.10 bits per heavy atom. The molecule has 164 valence electrons. The van der Waals surface area contributed by atoms with Gasteiger partial charge in [0.15, 0.2) is 0 Å². The molecule has 11 heteroatoms. The van der Waals surface area contributed by atoms with Crippen LogP contribution in [0.2, 0.25) is 0 Å². The summed E-state index contributed by atoms with van der Waals surface area (Å²) >= 11 is 0. The van der Waals surface area contributed by atoms with E-state index in [2.05, 4.69) is 26.9 Å². The summed E-state index contributed by atoms with van der Waals surface area (Å²) in [6, 6.07) is 4.25. The number of nitrogen functional groups attached to an aromatic ring is 2. The average molecular weight is 432 g/mol. The maximum Gasteiger partial charge on any atom is 0.419 e. The molecule has 0 radical (unpaired) electrons. The summed E-state index contributed by atoms with van der Waals surface area (Å²) in [5, 5.41) is 1.62. The third-order valence-corrected chi connectivity index (χ3v) is 5.57. The van der Waals surface area contributed by atoms with Gasteiger partial charge in [0, 0.05) is 17.8 Å². The molecule has 0 atom stereocenters. The van der Waals surface area contributed by atoms with Crippen LogP contribution in [0.5, 0.6) is 0 Å². The molecule has 0 amide bonds. The van der Waals surface area contributed by atoms with Crippen LogP contribution in [0, 0.1) is 0 Å². The number of fused-ring (bicyclic) bond motifs is 1. The Hall–Kier alpha value is -3.18. The summed E-state index contributed by atoms with van der Waals surface area (Å²) in [5.41, 5.74) is 12.9. The first kappa shape index (κ1) is 21.1. The maximum absolute atomic E-state index is 13.3. The predicted octanol–water partition coefficient (Wildman–Crippen LogP) is 2.65. The SMILES string of the molecule is CN1CCC(N(N)c2c(N)cnc3ccc(-c4cnc(N)c(C(F)(F)F)c4)nc23)CC1. The number of hydrogen-bond donors (Lipinski definition) is 3. The van der Waals surface area contributed by atoms with E-state index in [4.69, 9.17) is 17.3 Å². The zero-order chi connectivity index (χ0) is 22.3. The van der Waals surface area contributed by atoms with Crippen molar-refractivity contribution in [1.82, 2.24) is 19.9 Å². The van der Waals surface area contributed by atoms with Crippen molar-refractivity contribution in [2.24, 2.45) is 5.84 Å². The minimum atomic E-state index is -4.62. The largest absolute Gasteiger partial charge is 0.419 e. The van der Waals surface area contributed by atoms with Gasteiger partial charge in [-0.15, -0.1) is 0 Å². The lowest BCUT2D eigenvalue weighted by molar-refractivity contribution is -0.137. The molecule has 3 aromatic rings. The van der Waals surface area contributed by atoms with Crippen LogP contribution in [-0.4, -0.2) is 46.0 Å². The van der Waals surface area contributed by atoms with Gasteiger partial charge < -0.3 is 21.4 Å². The molecule has 0 unspecified atom stereocenters. The molecule has 1 fully saturated rings. The number of nitrogens with zero attached hydrogens (tertiary/aromatic N) is 5. The van der Waals surface area contributed by atoms with Gasteiger partial charge in [-0.3, -0.25) is 4.98 Å². The van der Waals surface area contributed by atoms with E-state index in [1.165, 1.54) is 12.4 Å². The van der Waals surface area contributed by atoms with E-state index in [9.17, 15) is 13.2 Å². The Morgan fingerprint density at radius 3 is 2.48 bits per heavy atom. The van der Waals surface area contributed by atoms with Crippen LogP contribution < -0.4 is 22.3 Å². The summed E-state index contributed by atoms with van der Waals surface area (Å²) in [4.78, 5) is 14.8. The Morgan fingerprint density at radius 2 is 1.81 bits per heavy atom. The highest BCUT2D eigenvalue weighted by Crippen LogP contribution is 2.36. The maximum atomic E-state index is 13.3. The summed E-state index contributed by atoms with van der Waals surface area (Å²) < 4.78 is 39.8. The zero-order valence-electron chi connectivity index (χ0n) is 16.9. The molecule has 1 saturated heterocycles. The number of hydrogen-bond acceptors (Lipinski definition) is 8. The van der Waals surface area contributed by atoms with Crippen LogP contribution in [0.25, 0.3) is 22.3 Å². The number of rotatable bonds is 3. The first-order valence-corrected chi connectivity index (χ1v) is 9.76. The van der Waals surface area contributed by atoms with Crippen LogP contribution >= 0.6 is 0 Å².